The summed E-state index contributed by atoms with van der Waals surface area (Å²) in [4.78, 5) is 31.9. The lowest BCUT2D eigenvalue weighted by molar-refractivity contribution is -0.144. The van der Waals surface area contributed by atoms with E-state index in [1.54, 1.807) is 17.1 Å². The van der Waals surface area contributed by atoms with Gasteiger partial charge in [0.05, 0.1) is 17.8 Å². The number of amides is 2. The first-order valence-corrected chi connectivity index (χ1v) is 10.7. The van der Waals surface area contributed by atoms with Gasteiger partial charge in [-0.25, -0.2) is 4.68 Å². The molecule has 168 valence electrons. The molecule has 0 radical (unpaired) electrons. The van der Waals surface area contributed by atoms with Crippen LogP contribution in [0, 0.1) is 5.41 Å². The molecule has 0 saturated carbocycles. The van der Waals surface area contributed by atoms with E-state index in [1.165, 1.54) is 11.9 Å². The van der Waals surface area contributed by atoms with Crippen LogP contribution >= 0.6 is 0 Å². The molecule has 1 aliphatic rings. The summed E-state index contributed by atoms with van der Waals surface area (Å²) in [5, 5.41) is 22.3. The number of benzene rings is 1. The number of para-hydroxylation sites is 1. The molecular weight excluding hydrogens is 408 g/mol. The van der Waals surface area contributed by atoms with Crippen LogP contribution in [0.2, 0.25) is 0 Å². The molecule has 0 unspecified atom stereocenters. The molecule has 3 atom stereocenters. The van der Waals surface area contributed by atoms with Gasteiger partial charge >= 0.3 is 0 Å². The second-order valence-corrected chi connectivity index (χ2v) is 9.28. The molecular formula is C23H28N6O3. The van der Waals surface area contributed by atoms with Gasteiger partial charge in [-0.05, 0) is 17.5 Å². The first-order chi connectivity index (χ1) is 15.2. The van der Waals surface area contributed by atoms with Gasteiger partial charge in [0.15, 0.2) is 0 Å². The molecule has 3 heterocycles. The van der Waals surface area contributed by atoms with E-state index in [0.29, 0.717) is 5.69 Å². The minimum absolute atomic E-state index is 0.111. The molecule has 2 amide bonds. The van der Waals surface area contributed by atoms with Crippen LogP contribution in [0.4, 0.5) is 0 Å². The fourth-order valence-electron chi connectivity index (χ4n) is 4.26. The van der Waals surface area contributed by atoms with Crippen LogP contribution in [-0.2, 0) is 9.59 Å². The fraction of sp³-hybridized carbons (Fsp3) is 0.435. The van der Waals surface area contributed by atoms with Crippen molar-refractivity contribution in [3.63, 3.8) is 0 Å². The molecule has 4 rings (SSSR count). The van der Waals surface area contributed by atoms with Gasteiger partial charge in [0, 0.05) is 37.2 Å². The Morgan fingerprint density at radius 2 is 2.00 bits per heavy atom. The Kier molecular flexibility index (Phi) is 5.68. The number of nitrogens with zero attached hydrogens (tertiary/aromatic N) is 5. The summed E-state index contributed by atoms with van der Waals surface area (Å²) in [5.41, 5.74) is 1.79. The van der Waals surface area contributed by atoms with Gasteiger partial charge in [-0.15, -0.1) is 5.10 Å². The Hall–Kier alpha value is -3.33. The Morgan fingerprint density at radius 1 is 1.25 bits per heavy atom. The predicted molar refractivity (Wildman–Crippen MR) is 119 cm³/mol. The zero-order valence-corrected chi connectivity index (χ0v) is 18.7. The van der Waals surface area contributed by atoms with Crippen molar-refractivity contribution in [3.8, 4) is 11.3 Å². The maximum atomic E-state index is 13.6. The molecule has 0 spiro atoms. The number of likely N-dealkylation sites (tertiary alicyclic amines) is 1. The van der Waals surface area contributed by atoms with Gasteiger partial charge in [0.1, 0.15) is 17.8 Å². The number of rotatable bonds is 4. The van der Waals surface area contributed by atoms with E-state index in [4.69, 9.17) is 0 Å². The van der Waals surface area contributed by atoms with Crippen LogP contribution in [-0.4, -0.2) is 67.5 Å². The molecule has 32 heavy (non-hydrogen) atoms. The average molecular weight is 437 g/mol. The topological polar surface area (TPSA) is 113 Å². The van der Waals surface area contributed by atoms with Crippen molar-refractivity contribution in [2.24, 2.45) is 5.41 Å². The highest BCUT2D eigenvalue weighted by molar-refractivity contribution is 5.90. The van der Waals surface area contributed by atoms with Crippen LogP contribution in [0.25, 0.3) is 22.2 Å². The Balaban J connectivity index is 1.68. The van der Waals surface area contributed by atoms with Crippen LogP contribution in [0.15, 0.2) is 42.7 Å². The number of likely N-dealkylation sites (N-methyl/N-ethyl adjacent to an activating group) is 1. The summed E-state index contributed by atoms with van der Waals surface area (Å²) in [6.45, 7) is 5.93. The number of hydrogen-bond donors (Lipinski definition) is 2. The molecule has 1 aromatic carbocycles. The Bertz CT molecular complexity index is 1150. The summed E-state index contributed by atoms with van der Waals surface area (Å²) in [6, 6.07) is 8.39. The number of hydrogen-bond acceptors (Lipinski definition) is 6. The number of pyridine rings is 1. The lowest BCUT2D eigenvalue weighted by Gasteiger charge is -2.34. The van der Waals surface area contributed by atoms with Crippen molar-refractivity contribution >= 4 is 22.7 Å². The predicted octanol–water partition coefficient (Wildman–Crippen LogP) is 1.79. The number of β-amino-alcohol motifs (C(OH)–C–C–N with tert-alkyl or cyclic N) is 1. The van der Waals surface area contributed by atoms with E-state index in [1.807, 2.05) is 51.1 Å². The lowest BCUT2D eigenvalue weighted by Crippen LogP contribution is -2.49. The molecule has 2 aromatic heterocycles. The molecule has 9 nitrogen and oxygen atoms in total. The van der Waals surface area contributed by atoms with Crippen LogP contribution in [0.1, 0.15) is 33.2 Å². The molecule has 1 saturated heterocycles. The molecule has 2 N–H and O–H groups in total. The highest BCUT2D eigenvalue weighted by Gasteiger charge is 2.45. The number of aliphatic hydroxyl groups excluding tert-OH is 1. The van der Waals surface area contributed by atoms with E-state index in [9.17, 15) is 14.7 Å². The zero-order valence-electron chi connectivity index (χ0n) is 18.7. The van der Waals surface area contributed by atoms with Crippen LogP contribution in [0.3, 0.4) is 0 Å². The minimum atomic E-state index is -0.739. The second kappa shape index (κ2) is 8.31. The Morgan fingerprint density at radius 3 is 2.72 bits per heavy atom. The summed E-state index contributed by atoms with van der Waals surface area (Å²) >= 11 is 0. The van der Waals surface area contributed by atoms with Crippen molar-refractivity contribution in [1.82, 2.24) is 30.2 Å². The van der Waals surface area contributed by atoms with Gasteiger partial charge in [0.25, 0.3) is 0 Å². The summed E-state index contributed by atoms with van der Waals surface area (Å²) < 4.78 is 1.55. The highest BCUT2D eigenvalue weighted by atomic mass is 16.3. The maximum absolute atomic E-state index is 13.6. The quantitative estimate of drug-likeness (QED) is 0.645. The van der Waals surface area contributed by atoms with Gasteiger partial charge in [0.2, 0.25) is 11.8 Å². The summed E-state index contributed by atoms with van der Waals surface area (Å²) in [7, 11) is 1.53. The molecule has 1 fully saturated rings. The van der Waals surface area contributed by atoms with Gasteiger partial charge < -0.3 is 15.3 Å². The van der Waals surface area contributed by atoms with E-state index in [0.717, 1.165) is 16.5 Å². The molecule has 0 bridgehead atoms. The minimum Gasteiger partial charge on any atom is -0.391 e. The first-order valence-electron chi connectivity index (χ1n) is 10.7. The second-order valence-electron chi connectivity index (χ2n) is 9.28. The van der Waals surface area contributed by atoms with Gasteiger partial charge in [-0.3, -0.25) is 14.6 Å². The highest BCUT2D eigenvalue weighted by Crippen LogP contribution is 2.35. The number of aliphatic hydroxyl groups is 1. The third kappa shape index (κ3) is 4.08. The molecule has 0 aliphatic carbocycles. The maximum Gasteiger partial charge on any atom is 0.248 e. The van der Waals surface area contributed by atoms with Crippen LogP contribution < -0.4 is 5.32 Å². The van der Waals surface area contributed by atoms with Crippen molar-refractivity contribution < 1.29 is 14.7 Å². The van der Waals surface area contributed by atoms with Gasteiger partial charge in [-0.2, -0.15) is 0 Å². The number of carbonyl (C=O) groups is 2. The van der Waals surface area contributed by atoms with E-state index in [-0.39, 0.29) is 24.8 Å². The van der Waals surface area contributed by atoms with E-state index >= 15 is 0 Å². The number of carbonyl (C=O) groups excluding carboxylic acids is 2. The van der Waals surface area contributed by atoms with Crippen LogP contribution in [0.5, 0.6) is 0 Å². The zero-order chi connectivity index (χ0) is 23.0. The lowest BCUT2D eigenvalue weighted by atomic mass is 9.85. The SMILES string of the molecule is CNC(=O)[C@@H]1C[C@@H](O)CN1C(=O)[C@@H](n1cc(-c2cnc3ccccc3c2)nn1)C(C)(C)C. The van der Waals surface area contributed by atoms with Gasteiger partial charge in [-0.1, -0.05) is 44.2 Å². The standard InChI is InChI=1S/C23H28N6O3/c1-23(2,3)20(22(32)28-12-16(30)10-19(28)21(31)24-4)29-13-18(26-27-29)15-9-14-7-5-6-8-17(14)25-11-15/h5-9,11,13,16,19-20,30H,10,12H2,1-4H3,(H,24,31)/t16-,19+,20-/m1/s1. The number of fused-ring (bicyclic) bond motifs is 1. The number of aromatic nitrogens is 4. The Labute approximate surface area is 186 Å². The molecule has 9 heteroatoms. The third-order valence-electron chi connectivity index (χ3n) is 5.83. The smallest absolute Gasteiger partial charge is 0.248 e. The van der Waals surface area contributed by atoms with Crippen molar-refractivity contribution in [3.05, 3.63) is 42.7 Å². The largest absolute Gasteiger partial charge is 0.391 e. The summed E-state index contributed by atoms with van der Waals surface area (Å²) in [5.74, 6) is -0.556. The van der Waals surface area contributed by atoms with Crippen molar-refractivity contribution in [2.45, 2.75) is 45.4 Å². The van der Waals surface area contributed by atoms with Crippen molar-refractivity contribution in [1.29, 1.82) is 0 Å². The fourth-order valence-corrected chi connectivity index (χ4v) is 4.26. The molecule has 1 aliphatic heterocycles. The molecule has 3 aromatic rings. The average Bonchev–Trinajstić information content (AvgIpc) is 3.39. The third-order valence-corrected chi connectivity index (χ3v) is 5.83. The number of nitrogens with one attached hydrogen (secondary N) is 1. The summed E-state index contributed by atoms with van der Waals surface area (Å²) in [6.07, 6.45) is 2.95. The van der Waals surface area contributed by atoms with E-state index in [2.05, 4.69) is 20.6 Å². The monoisotopic (exact) mass is 436 g/mol. The normalized spacial score (nSPS) is 19.8. The first kappa shape index (κ1) is 21.9. The van der Waals surface area contributed by atoms with E-state index < -0.39 is 23.6 Å². The van der Waals surface area contributed by atoms with Crippen molar-refractivity contribution in [2.75, 3.05) is 13.6 Å².